The number of fused-ring (bicyclic) bond motifs is 1. The first-order valence-electron chi connectivity index (χ1n) is 3.97. The second kappa shape index (κ2) is 1.94. The van der Waals surface area contributed by atoms with Crippen LogP contribution in [-0.2, 0) is 4.79 Å². The molecule has 1 heteroatoms. The van der Waals surface area contributed by atoms with Crippen molar-refractivity contribution in [2.24, 2.45) is 11.8 Å². The number of rotatable bonds is 0. The Morgan fingerprint density at radius 1 is 1.60 bits per heavy atom. The van der Waals surface area contributed by atoms with Gasteiger partial charge in [0.2, 0.25) is 0 Å². The molecule has 1 nitrogen and oxygen atoms in total. The minimum Gasteiger partial charge on any atom is -0.299 e. The van der Waals surface area contributed by atoms with Gasteiger partial charge in [-0.15, -0.1) is 0 Å². The number of hydrogen-bond donors (Lipinski definition) is 0. The first-order valence-corrected chi connectivity index (χ1v) is 3.97. The van der Waals surface area contributed by atoms with E-state index in [0.29, 0.717) is 17.6 Å². The highest BCUT2D eigenvalue weighted by atomic mass is 16.1. The molecule has 0 aliphatic heterocycles. The molecule has 0 N–H and O–H groups in total. The molecule has 0 spiro atoms. The van der Waals surface area contributed by atoms with E-state index in [4.69, 9.17) is 0 Å². The predicted molar refractivity (Wildman–Crippen MR) is 39.6 cm³/mol. The summed E-state index contributed by atoms with van der Waals surface area (Å²) in [5.74, 6) is 1.54. The Bertz CT molecular complexity index is 203. The molecule has 1 saturated carbocycles. The molecular weight excluding hydrogens is 124 g/mol. The largest absolute Gasteiger partial charge is 0.299 e. The molecule has 0 amide bonds. The molecule has 10 heavy (non-hydrogen) atoms. The van der Waals surface area contributed by atoms with Crippen LogP contribution < -0.4 is 0 Å². The molecule has 0 aromatic heterocycles. The molecule has 0 radical (unpaired) electrons. The Labute approximate surface area is 61.1 Å². The molecule has 0 heterocycles. The van der Waals surface area contributed by atoms with Crippen LogP contribution in [0.5, 0.6) is 0 Å². The van der Waals surface area contributed by atoms with Crippen molar-refractivity contribution in [1.29, 1.82) is 0 Å². The standard InChI is InChI=1S/C9H12O/c1-6-2-3-8-7(4-6)5-9(8)10/h4,7-8H,2-3,5H2,1H3/t7-,8-/m1/s1. The first-order chi connectivity index (χ1) is 4.77. The Morgan fingerprint density at radius 3 is 3.00 bits per heavy atom. The van der Waals surface area contributed by atoms with Crippen molar-refractivity contribution in [3.63, 3.8) is 0 Å². The lowest BCUT2D eigenvalue weighted by atomic mass is 9.66. The Kier molecular flexibility index (Phi) is 1.19. The number of hydrogen-bond acceptors (Lipinski definition) is 1. The van der Waals surface area contributed by atoms with Gasteiger partial charge in [-0.05, 0) is 25.7 Å². The molecule has 0 bridgehead atoms. The topological polar surface area (TPSA) is 17.1 Å². The summed E-state index contributed by atoms with van der Waals surface area (Å²) in [4.78, 5) is 10.9. The van der Waals surface area contributed by atoms with Crippen molar-refractivity contribution in [2.75, 3.05) is 0 Å². The first kappa shape index (κ1) is 6.14. The third kappa shape index (κ3) is 0.731. The minimum atomic E-state index is 0.420. The average Bonchev–Trinajstić information content (AvgIpc) is 1.86. The Balaban J connectivity index is 2.15. The number of Topliss-reactive ketones (excluding diaryl/α,β-unsaturated/α-hetero) is 1. The van der Waals surface area contributed by atoms with Gasteiger partial charge in [0.1, 0.15) is 5.78 Å². The number of ketones is 1. The van der Waals surface area contributed by atoms with Crippen molar-refractivity contribution >= 4 is 5.78 Å². The van der Waals surface area contributed by atoms with Gasteiger partial charge >= 0.3 is 0 Å². The van der Waals surface area contributed by atoms with Crippen LogP contribution in [0.1, 0.15) is 26.2 Å². The van der Waals surface area contributed by atoms with E-state index >= 15 is 0 Å². The molecule has 0 aromatic rings. The van der Waals surface area contributed by atoms with E-state index in [-0.39, 0.29) is 0 Å². The summed E-state index contributed by atoms with van der Waals surface area (Å²) < 4.78 is 0. The van der Waals surface area contributed by atoms with Crippen molar-refractivity contribution in [3.05, 3.63) is 11.6 Å². The van der Waals surface area contributed by atoms with Gasteiger partial charge in [0.15, 0.2) is 0 Å². The zero-order valence-corrected chi connectivity index (χ0v) is 6.26. The summed E-state index contributed by atoms with van der Waals surface area (Å²) in [5.41, 5.74) is 1.48. The number of carbonyl (C=O) groups excluding carboxylic acids is 1. The van der Waals surface area contributed by atoms with Crippen LogP contribution in [0.3, 0.4) is 0 Å². The van der Waals surface area contributed by atoms with Gasteiger partial charge in [-0.25, -0.2) is 0 Å². The second-order valence-corrected chi connectivity index (χ2v) is 3.49. The maximum atomic E-state index is 10.9. The Hall–Kier alpha value is -0.590. The van der Waals surface area contributed by atoms with Crippen molar-refractivity contribution in [3.8, 4) is 0 Å². The van der Waals surface area contributed by atoms with Gasteiger partial charge in [-0.2, -0.15) is 0 Å². The molecule has 54 valence electrons. The summed E-state index contributed by atoms with van der Waals surface area (Å²) in [7, 11) is 0. The smallest absolute Gasteiger partial charge is 0.137 e. The maximum absolute atomic E-state index is 10.9. The lowest BCUT2D eigenvalue weighted by molar-refractivity contribution is -0.132. The van der Waals surface area contributed by atoms with Crippen molar-refractivity contribution in [1.82, 2.24) is 0 Å². The van der Waals surface area contributed by atoms with E-state index in [2.05, 4.69) is 13.0 Å². The number of carbonyl (C=O) groups is 1. The predicted octanol–water partition coefficient (Wildman–Crippen LogP) is 1.93. The highest BCUT2D eigenvalue weighted by Gasteiger charge is 2.39. The quantitative estimate of drug-likeness (QED) is 0.465. The van der Waals surface area contributed by atoms with Gasteiger partial charge in [0.05, 0.1) is 0 Å². The maximum Gasteiger partial charge on any atom is 0.137 e. The van der Waals surface area contributed by atoms with Gasteiger partial charge < -0.3 is 0 Å². The SMILES string of the molecule is CC1=C[C@@H]2CC(=O)[C@@H]2CC1. The normalized spacial score (nSPS) is 38.1. The van der Waals surface area contributed by atoms with Crippen molar-refractivity contribution in [2.45, 2.75) is 26.2 Å². The lowest BCUT2D eigenvalue weighted by Gasteiger charge is -2.36. The molecule has 2 rings (SSSR count). The van der Waals surface area contributed by atoms with Crippen molar-refractivity contribution < 1.29 is 4.79 Å². The fourth-order valence-electron chi connectivity index (χ4n) is 1.99. The van der Waals surface area contributed by atoms with Crippen LogP contribution in [0, 0.1) is 11.8 Å². The van der Waals surface area contributed by atoms with E-state index in [9.17, 15) is 4.79 Å². The van der Waals surface area contributed by atoms with E-state index < -0.39 is 0 Å². The van der Waals surface area contributed by atoms with E-state index in [1.54, 1.807) is 0 Å². The number of allylic oxidation sites excluding steroid dienone is 2. The molecular formula is C9H12O. The van der Waals surface area contributed by atoms with E-state index in [0.717, 1.165) is 19.3 Å². The van der Waals surface area contributed by atoms with Crippen LogP contribution in [0.2, 0.25) is 0 Å². The van der Waals surface area contributed by atoms with Gasteiger partial charge in [-0.1, -0.05) is 11.6 Å². The summed E-state index contributed by atoms with van der Waals surface area (Å²) in [6.45, 7) is 2.17. The average molecular weight is 136 g/mol. The third-order valence-corrected chi connectivity index (χ3v) is 2.72. The summed E-state index contributed by atoms with van der Waals surface area (Å²) in [6.07, 6.45) is 5.37. The molecule has 2 aliphatic rings. The lowest BCUT2D eigenvalue weighted by Crippen LogP contribution is -2.37. The summed E-state index contributed by atoms with van der Waals surface area (Å²) in [6, 6.07) is 0. The second-order valence-electron chi connectivity index (χ2n) is 3.49. The fourth-order valence-corrected chi connectivity index (χ4v) is 1.99. The van der Waals surface area contributed by atoms with E-state index in [1.165, 1.54) is 5.57 Å². The van der Waals surface area contributed by atoms with E-state index in [1.807, 2.05) is 0 Å². The minimum absolute atomic E-state index is 0.420. The van der Waals surface area contributed by atoms with Crippen LogP contribution in [0.15, 0.2) is 11.6 Å². The molecule has 2 atom stereocenters. The zero-order chi connectivity index (χ0) is 7.14. The fraction of sp³-hybridized carbons (Fsp3) is 0.667. The van der Waals surface area contributed by atoms with Gasteiger partial charge in [-0.3, -0.25) is 4.79 Å². The highest BCUT2D eigenvalue weighted by Crippen LogP contribution is 2.40. The summed E-state index contributed by atoms with van der Waals surface area (Å²) in [5, 5.41) is 0. The monoisotopic (exact) mass is 136 g/mol. The van der Waals surface area contributed by atoms with Gasteiger partial charge in [0, 0.05) is 12.3 Å². The van der Waals surface area contributed by atoms with Crippen LogP contribution in [0.4, 0.5) is 0 Å². The van der Waals surface area contributed by atoms with Crippen LogP contribution in [-0.4, -0.2) is 5.78 Å². The zero-order valence-electron chi connectivity index (χ0n) is 6.26. The van der Waals surface area contributed by atoms with Crippen LogP contribution >= 0.6 is 0 Å². The van der Waals surface area contributed by atoms with Gasteiger partial charge in [0.25, 0.3) is 0 Å². The Morgan fingerprint density at radius 2 is 2.40 bits per heavy atom. The molecule has 0 aromatic carbocycles. The molecule has 1 fully saturated rings. The summed E-state index contributed by atoms with van der Waals surface area (Å²) >= 11 is 0. The molecule has 2 aliphatic carbocycles. The highest BCUT2D eigenvalue weighted by molar-refractivity contribution is 5.88. The molecule has 0 unspecified atom stereocenters. The molecule has 0 saturated heterocycles. The third-order valence-electron chi connectivity index (χ3n) is 2.72. The van der Waals surface area contributed by atoms with Crippen LogP contribution in [0.25, 0.3) is 0 Å².